The molecule has 3 atom stereocenters. The second-order valence-corrected chi connectivity index (χ2v) is 13.3. The third-order valence-corrected chi connectivity index (χ3v) is 8.96. The molecule has 0 saturated heterocycles. The van der Waals surface area contributed by atoms with E-state index in [4.69, 9.17) is 14.2 Å². The van der Waals surface area contributed by atoms with Crippen LogP contribution in [-0.2, 0) is 16.0 Å². The minimum Gasteiger partial charge on any atom is -0.487 e. The van der Waals surface area contributed by atoms with Crippen LogP contribution in [0.4, 0.5) is 0 Å². The molecule has 5 nitrogen and oxygen atoms in total. The van der Waals surface area contributed by atoms with E-state index in [1.54, 1.807) is 0 Å². The first-order valence-corrected chi connectivity index (χ1v) is 16.3. The Labute approximate surface area is 246 Å². The van der Waals surface area contributed by atoms with Gasteiger partial charge in [0.05, 0.1) is 6.61 Å². The normalized spacial score (nSPS) is 18.2. The van der Waals surface area contributed by atoms with Crippen molar-refractivity contribution in [3.8, 4) is 11.5 Å². The number of carbonyl (C=O) groups excluding carboxylic acids is 1. The predicted molar refractivity (Wildman–Crippen MR) is 168 cm³/mol. The van der Waals surface area contributed by atoms with Crippen molar-refractivity contribution < 1.29 is 19.0 Å². The molecule has 0 spiro atoms. The second-order valence-electron chi connectivity index (χ2n) is 13.3. The number of hydrogen-bond donors (Lipinski definition) is 1. The van der Waals surface area contributed by atoms with Gasteiger partial charge in [0.1, 0.15) is 17.1 Å². The van der Waals surface area contributed by atoms with Crippen LogP contribution in [0.25, 0.3) is 0 Å². The number of nitrogens with one attached hydrogen (secondary N) is 1. The van der Waals surface area contributed by atoms with Crippen LogP contribution in [0.5, 0.6) is 11.5 Å². The van der Waals surface area contributed by atoms with Crippen molar-refractivity contribution in [3.05, 3.63) is 22.3 Å². The number of ether oxygens (including phenoxy) is 3. The number of rotatable bonds is 19. The van der Waals surface area contributed by atoms with Gasteiger partial charge in [-0.1, -0.05) is 72.6 Å². The van der Waals surface area contributed by atoms with Crippen LogP contribution in [0.2, 0.25) is 0 Å². The van der Waals surface area contributed by atoms with E-state index in [1.807, 2.05) is 6.92 Å². The Kier molecular flexibility index (Phi) is 14.9. The van der Waals surface area contributed by atoms with Gasteiger partial charge >= 0.3 is 0 Å². The molecular formula is C35H61NO4. The van der Waals surface area contributed by atoms with Crippen LogP contribution < -0.4 is 14.8 Å². The van der Waals surface area contributed by atoms with Crippen molar-refractivity contribution in [1.82, 2.24) is 5.32 Å². The zero-order valence-electron chi connectivity index (χ0n) is 27.5. The van der Waals surface area contributed by atoms with Crippen molar-refractivity contribution in [3.63, 3.8) is 0 Å². The maximum atomic E-state index is 12.2. The second kappa shape index (κ2) is 17.3. The molecule has 1 aromatic carbocycles. The van der Waals surface area contributed by atoms with Gasteiger partial charge in [-0.25, -0.2) is 0 Å². The van der Waals surface area contributed by atoms with E-state index in [9.17, 15) is 4.79 Å². The molecule has 1 heterocycles. The van der Waals surface area contributed by atoms with Gasteiger partial charge in [-0.05, 0) is 94.7 Å². The van der Waals surface area contributed by atoms with E-state index in [2.05, 4.69) is 60.7 Å². The third-order valence-electron chi connectivity index (χ3n) is 8.96. The number of fused-ring (bicyclic) bond motifs is 1. The summed E-state index contributed by atoms with van der Waals surface area (Å²) >= 11 is 0. The molecule has 0 aromatic heterocycles. The zero-order valence-corrected chi connectivity index (χ0v) is 27.5. The maximum Gasteiger partial charge on any atom is 0.258 e. The van der Waals surface area contributed by atoms with Gasteiger partial charge in [-0.15, -0.1) is 0 Å². The summed E-state index contributed by atoms with van der Waals surface area (Å²) in [4.78, 5) is 12.2. The Morgan fingerprint density at radius 1 is 0.925 bits per heavy atom. The largest absolute Gasteiger partial charge is 0.487 e. The molecule has 230 valence electrons. The van der Waals surface area contributed by atoms with Crippen molar-refractivity contribution in [2.45, 2.75) is 139 Å². The lowest BCUT2D eigenvalue weighted by atomic mass is 9.83. The quantitative estimate of drug-likeness (QED) is 0.172. The first kappa shape index (κ1) is 34.5. The van der Waals surface area contributed by atoms with Crippen LogP contribution in [0, 0.1) is 38.5 Å². The molecule has 1 amide bonds. The highest BCUT2D eigenvalue weighted by Crippen LogP contribution is 2.45. The number of amides is 1. The van der Waals surface area contributed by atoms with Crippen LogP contribution >= 0.6 is 0 Å². The molecule has 0 bridgehead atoms. The van der Waals surface area contributed by atoms with Gasteiger partial charge in [0.2, 0.25) is 0 Å². The molecule has 0 saturated carbocycles. The highest BCUT2D eigenvalue weighted by Gasteiger charge is 2.34. The molecule has 1 aliphatic rings. The molecule has 0 unspecified atom stereocenters. The Hall–Kier alpha value is -1.75. The molecule has 0 radical (unpaired) electrons. The monoisotopic (exact) mass is 559 g/mol. The summed E-state index contributed by atoms with van der Waals surface area (Å²) in [5.41, 5.74) is 4.42. The van der Waals surface area contributed by atoms with Crippen molar-refractivity contribution in [2.24, 2.45) is 17.8 Å². The predicted octanol–water partition coefficient (Wildman–Crippen LogP) is 8.67. The summed E-state index contributed by atoms with van der Waals surface area (Å²) < 4.78 is 18.1. The van der Waals surface area contributed by atoms with Gasteiger partial charge in [0.25, 0.3) is 5.91 Å². The summed E-state index contributed by atoms with van der Waals surface area (Å²) in [6, 6.07) is 0. The first-order chi connectivity index (χ1) is 19.0. The molecule has 40 heavy (non-hydrogen) atoms. The van der Waals surface area contributed by atoms with Crippen LogP contribution in [-0.4, -0.2) is 37.9 Å². The van der Waals surface area contributed by atoms with Gasteiger partial charge in [-0.2, -0.15) is 0 Å². The Morgan fingerprint density at radius 2 is 1.55 bits per heavy atom. The molecule has 1 aliphatic heterocycles. The third kappa shape index (κ3) is 11.3. The lowest BCUT2D eigenvalue weighted by Gasteiger charge is -2.38. The van der Waals surface area contributed by atoms with E-state index in [0.717, 1.165) is 65.2 Å². The lowest BCUT2D eigenvalue weighted by Crippen LogP contribution is -2.37. The zero-order chi connectivity index (χ0) is 29.7. The Morgan fingerprint density at radius 3 is 2.17 bits per heavy atom. The molecular weight excluding hydrogens is 498 g/mol. The first-order valence-electron chi connectivity index (χ1n) is 16.3. The molecule has 5 heteroatoms. The molecule has 2 rings (SSSR count). The number of hydrogen-bond acceptors (Lipinski definition) is 4. The van der Waals surface area contributed by atoms with E-state index >= 15 is 0 Å². The smallest absolute Gasteiger partial charge is 0.258 e. The van der Waals surface area contributed by atoms with Gasteiger partial charge in [0.15, 0.2) is 6.61 Å². The van der Waals surface area contributed by atoms with E-state index in [0.29, 0.717) is 19.8 Å². The van der Waals surface area contributed by atoms with Gasteiger partial charge < -0.3 is 19.5 Å². The summed E-state index contributed by atoms with van der Waals surface area (Å²) in [7, 11) is 0. The fourth-order valence-electron chi connectivity index (χ4n) is 6.07. The SMILES string of the molecule is CCOCCNC(=O)COc1c(C)c(C)c2c(c1C)CC[C@@](C)(CCC[C@H](C)CCC[C@H](C)CCCC(C)C)O2. The van der Waals surface area contributed by atoms with Crippen molar-refractivity contribution in [2.75, 3.05) is 26.4 Å². The standard InChI is InChI=1S/C35H61NO4/c1-10-38-23-22-36-32(37)24-39-33-28(6)29(7)34-31(30(33)8)19-21-35(9,40-34)20-13-18-27(5)17-12-16-26(4)15-11-14-25(2)3/h25-27H,10-24H2,1-9H3,(H,36,37)/t26-,27-,35-/m1/s1. The molecule has 0 fully saturated rings. The topological polar surface area (TPSA) is 56.8 Å². The van der Waals surface area contributed by atoms with Crippen molar-refractivity contribution >= 4 is 5.91 Å². The Balaban J connectivity index is 1.83. The van der Waals surface area contributed by atoms with Crippen LogP contribution in [0.1, 0.15) is 128 Å². The summed E-state index contributed by atoms with van der Waals surface area (Å²) in [6.07, 6.45) is 13.8. The van der Waals surface area contributed by atoms with Crippen LogP contribution in [0.15, 0.2) is 0 Å². The highest BCUT2D eigenvalue weighted by molar-refractivity contribution is 5.77. The Bertz CT molecular complexity index is 911. The van der Waals surface area contributed by atoms with Gasteiger partial charge in [-0.3, -0.25) is 4.79 Å². The van der Waals surface area contributed by atoms with Crippen molar-refractivity contribution in [1.29, 1.82) is 0 Å². The number of carbonyl (C=O) groups is 1. The maximum absolute atomic E-state index is 12.2. The molecule has 0 aliphatic carbocycles. The fraction of sp³-hybridized carbons (Fsp3) is 0.800. The fourth-order valence-corrected chi connectivity index (χ4v) is 6.07. The van der Waals surface area contributed by atoms with Gasteiger partial charge in [0, 0.05) is 18.7 Å². The molecule has 1 N–H and O–H groups in total. The van der Waals surface area contributed by atoms with E-state index < -0.39 is 0 Å². The van der Waals surface area contributed by atoms with E-state index in [-0.39, 0.29) is 18.1 Å². The lowest BCUT2D eigenvalue weighted by molar-refractivity contribution is -0.123. The number of benzene rings is 1. The average Bonchev–Trinajstić information content (AvgIpc) is 2.89. The minimum atomic E-state index is -0.122. The minimum absolute atomic E-state index is 0.0137. The van der Waals surface area contributed by atoms with E-state index in [1.165, 1.54) is 56.9 Å². The average molecular weight is 560 g/mol. The summed E-state index contributed by atoms with van der Waals surface area (Å²) in [6.45, 7) is 21.8. The summed E-state index contributed by atoms with van der Waals surface area (Å²) in [5, 5.41) is 2.85. The van der Waals surface area contributed by atoms with Crippen LogP contribution in [0.3, 0.4) is 0 Å². The molecule has 1 aromatic rings. The summed E-state index contributed by atoms with van der Waals surface area (Å²) in [5.74, 6) is 4.22. The highest BCUT2D eigenvalue weighted by atomic mass is 16.5.